The molecular weight excluding hydrogens is 428 g/mol. The molecule has 0 heterocycles. The minimum Gasteiger partial charge on any atom is -0.494 e. The molecule has 188 valence electrons. The van der Waals surface area contributed by atoms with Crippen LogP contribution < -0.4 is 4.74 Å². The summed E-state index contributed by atoms with van der Waals surface area (Å²) < 4.78 is 11.9. The summed E-state index contributed by atoms with van der Waals surface area (Å²) in [6.07, 6.45) is 11.8. The van der Waals surface area contributed by atoms with Crippen LogP contribution in [0.15, 0.2) is 72.8 Å². The van der Waals surface area contributed by atoms with Crippen LogP contribution in [-0.2, 0) is 4.74 Å². The number of rotatable bonds is 16. The monoisotopic (exact) mass is 472 g/mol. The van der Waals surface area contributed by atoms with Crippen LogP contribution in [0.3, 0.4) is 0 Å². The summed E-state index contributed by atoms with van der Waals surface area (Å²) >= 11 is 0. The first kappa shape index (κ1) is 27.0. The molecule has 0 N–H and O–H groups in total. The van der Waals surface area contributed by atoms with Gasteiger partial charge in [-0.05, 0) is 59.7 Å². The van der Waals surface area contributed by atoms with E-state index in [1.807, 2.05) is 0 Å². The molecule has 3 aromatic rings. The molecule has 0 aliphatic carbocycles. The predicted molar refractivity (Wildman–Crippen MR) is 150 cm³/mol. The third kappa shape index (κ3) is 8.85. The second kappa shape index (κ2) is 15.4. The highest BCUT2D eigenvalue weighted by molar-refractivity contribution is 5.83. The van der Waals surface area contributed by atoms with Crippen molar-refractivity contribution in [1.29, 1.82) is 0 Å². The summed E-state index contributed by atoms with van der Waals surface area (Å²) in [6.45, 7) is 8.16. The highest BCUT2D eigenvalue weighted by Crippen LogP contribution is 2.33. The fourth-order valence-corrected chi connectivity index (χ4v) is 4.46. The van der Waals surface area contributed by atoms with Crippen molar-refractivity contribution in [3.63, 3.8) is 0 Å². The van der Waals surface area contributed by atoms with Crippen molar-refractivity contribution in [1.82, 2.24) is 0 Å². The van der Waals surface area contributed by atoms with E-state index in [0.29, 0.717) is 0 Å². The Bertz CT molecular complexity index is 959. The zero-order chi connectivity index (χ0) is 24.7. The number of hydrogen-bond donors (Lipinski definition) is 0. The maximum atomic E-state index is 6.14. The second-order valence-corrected chi connectivity index (χ2v) is 9.53. The SMILES string of the molecule is CCCCCCCCCCOC(C)c1ccc(-c2ccccc2-c2ccc(OCCC)cc2)cc1. The molecule has 0 bridgehead atoms. The van der Waals surface area contributed by atoms with E-state index in [-0.39, 0.29) is 6.10 Å². The summed E-state index contributed by atoms with van der Waals surface area (Å²) in [5, 5.41) is 0. The largest absolute Gasteiger partial charge is 0.494 e. The predicted octanol–water partition coefficient (Wildman–Crippen LogP) is 10.0. The molecule has 0 amide bonds. The zero-order valence-electron chi connectivity index (χ0n) is 22.1. The molecule has 0 aromatic heterocycles. The van der Waals surface area contributed by atoms with Gasteiger partial charge in [-0.3, -0.25) is 0 Å². The summed E-state index contributed by atoms with van der Waals surface area (Å²) in [6, 6.07) is 25.9. The summed E-state index contributed by atoms with van der Waals surface area (Å²) in [5.41, 5.74) is 6.15. The van der Waals surface area contributed by atoms with Gasteiger partial charge in [0.25, 0.3) is 0 Å². The Morgan fingerprint density at radius 1 is 0.571 bits per heavy atom. The molecule has 0 saturated heterocycles. The molecule has 0 radical (unpaired) electrons. The van der Waals surface area contributed by atoms with Crippen LogP contribution in [0.1, 0.15) is 90.2 Å². The molecule has 0 aliphatic rings. The molecule has 0 saturated carbocycles. The van der Waals surface area contributed by atoms with Gasteiger partial charge in [-0.2, -0.15) is 0 Å². The van der Waals surface area contributed by atoms with Crippen molar-refractivity contribution < 1.29 is 9.47 Å². The van der Waals surface area contributed by atoms with E-state index in [0.717, 1.165) is 31.8 Å². The minimum atomic E-state index is 0.125. The molecule has 3 aromatic carbocycles. The van der Waals surface area contributed by atoms with Gasteiger partial charge in [0.1, 0.15) is 5.75 Å². The molecule has 1 unspecified atom stereocenters. The van der Waals surface area contributed by atoms with Gasteiger partial charge in [0.05, 0.1) is 12.7 Å². The number of ether oxygens (including phenoxy) is 2. The Hall–Kier alpha value is -2.58. The van der Waals surface area contributed by atoms with Gasteiger partial charge in [-0.25, -0.2) is 0 Å². The van der Waals surface area contributed by atoms with Crippen molar-refractivity contribution >= 4 is 0 Å². The van der Waals surface area contributed by atoms with E-state index >= 15 is 0 Å². The molecule has 1 atom stereocenters. The topological polar surface area (TPSA) is 18.5 Å². The van der Waals surface area contributed by atoms with Crippen LogP contribution in [0, 0.1) is 0 Å². The molecule has 2 heteroatoms. The van der Waals surface area contributed by atoms with Crippen LogP contribution in [0.25, 0.3) is 22.3 Å². The number of benzene rings is 3. The maximum Gasteiger partial charge on any atom is 0.119 e. The molecule has 2 nitrogen and oxygen atoms in total. The number of unbranched alkanes of at least 4 members (excludes halogenated alkanes) is 7. The first-order chi connectivity index (χ1) is 17.2. The van der Waals surface area contributed by atoms with E-state index in [1.54, 1.807) is 0 Å². The Balaban J connectivity index is 1.53. The highest BCUT2D eigenvalue weighted by atomic mass is 16.5. The molecule has 0 fully saturated rings. The smallest absolute Gasteiger partial charge is 0.119 e. The Morgan fingerprint density at radius 3 is 1.69 bits per heavy atom. The minimum absolute atomic E-state index is 0.125. The summed E-state index contributed by atoms with van der Waals surface area (Å²) in [7, 11) is 0. The van der Waals surface area contributed by atoms with Crippen LogP contribution in [0.4, 0.5) is 0 Å². The molecule has 0 spiro atoms. The fourth-order valence-electron chi connectivity index (χ4n) is 4.46. The third-order valence-corrected chi connectivity index (χ3v) is 6.62. The Morgan fingerprint density at radius 2 is 1.11 bits per heavy atom. The van der Waals surface area contributed by atoms with Gasteiger partial charge in [0, 0.05) is 6.61 Å². The van der Waals surface area contributed by atoms with E-state index in [1.165, 1.54) is 72.8 Å². The van der Waals surface area contributed by atoms with Crippen LogP contribution in [0.5, 0.6) is 5.75 Å². The van der Waals surface area contributed by atoms with E-state index in [4.69, 9.17) is 9.47 Å². The van der Waals surface area contributed by atoms with E-state index in [2.05, 4.69) is 93.6 Å². The van der Waals surface area contributed by atoms with Gasteiger partial charge in [0.2, 0.25) is 0 Å². The van der Waals surface area contributed by atoms with E-state index in [9.17, 15) is 0 Å². The van der Waals surface area contributed by atoms with Crippen LogP contribution in [-0.4, -0.2) is 13.2 Å². The lowest BCUT2D eigenvalue weighted by atomic mass is 9.94. The first-order valence-corrected chi connectivity index (χ1v) is 13.8. The zero-order valence-corrected chi connectivity index (χ0v) is 22.1. The normalized spacial score (nSPS) is 12.0. The second-order valence-electron chi connectivity index (χ2n) is 9.53. The summed E-state index contributed by atoms with van der Waals surface area (Å²) in [5.74, 6) is 0.929. The average Bonchev–Trinajstić information content (AvgIpc) is 2.91. The molecule has 3 rings (SSSR count). The lowest BCUT2D eigenvalue weighted by molar-refractivity contribution is 0.0627. The van der Waals surface area contributed by atoms with Crippen LogP contribution >= 0.6 is 0 Å². The molecular formula is C33H44O2. The van der Waals surface area contributed by atoms with Gasteiger partial charge >= 0.3 is 0 Å². The lowest BCUT2D eigenvalue weighted by Gasteiger charge is -2.15. The molecule has 0 aliphatic heterocycles. The van der Waals surface area contributed by atoms with Gasteiger partial charge < -0.3 is 9.47 Å². The fraction of sp³-hybridized carbons (Fsp3) is 0.455. The maximum absolute atomic E-state index is 6.14. The van der Waals surface area contributed by atoms with Gasteiger partial charge in [-0.15, -0.1) is 0 Å². The van der Waals surface area contributed by atoms with Gasteiger partial charge in [-0.1, -0.05) is 119 Å². The van der Waals surface area contributed by atoms with E-state index < -0.39 is 0 Å². The van der Waals surface area contributed by atoms with Crippen molar-refractivity contribution in [2.75, 3.05) is 13.2 Å². The van der Waals surface area contributed by atoms with Crippen molar-refractivity contribution in [3.8, 4) is 28.0 Å². The standard InChI is InChI=1S/C33H44O2/c1-4-6-7-8-9-10-11-14-26-34-27(3)28-17-19-29(20-18-28)32-15-12-13-16-33(32)30-21-23-31(24-22-30)35-25-5-2/h12-13,15-24,27H,4-11,14,25-26H2,1-3H3. The number of hydrogen-bond acceptors (Lipinski definition) is 2. The Labute approximate surface area is 213 Å². The summed E-state index contributed by atoms with van der Waals surface area (Å²) in [4.78, 5) is 0. The van der Waals surface area contributed by atoms with Crippen molar-refractivity contribution in [2.24, 2.45) is 0 Å². The van der Waals surface area contributed by atoms with Crippen molar-refractivity contribution in [3.05, 3.63) is 78.4 Å². The van der Waals surface area contributed by atoms with Gasteiger partial charge in [0.15, 0.2) is 0 Å². The van der Waals surface area contributed by atoms with Crippen LogP contribution in [0.2, 0.25) is 0 Å². The van der Waals surface area contributed by atoms with Crippen molar-refractivity contribution in [2.45, 2.75) is 84.7 Å². The Kier molecular flexibility index (Phi) is 11.9. The lowest BCUT2D eigenvalue weighted by Crippen LogP contribution is -2.02. The highest BCUT2D eigenvalue weighted by Gasteiger charge is 2.10. The third-order valence-electron chi connectivity index (χ3n) is 6.62. The molecule has 35 heavy (non-hydrogen) atoms. The average molecular weight is 473 g/mol. The first-order valence-electron chi connectivity index (χ1n) is 13.8. The quantitative estimate of drug-likeness (QED) is 0.193.